The number of hydrogen-bond donors (Lipinski definition) is 1. The zero-order valence-electron chi connectivity index (χ0n) is 18.1. The lowest BCUT2D eigenvalue weighted by molar-refractivity contribution is -0.133. The molecular formula is C21H36FN5O2. The monoisotopic (exact) mass is 409 g/mol. The van der Waals surface area contributed by atoms with Crippen molar-refractivity contribution >= 4 is 5.82 Å². The van der Waals surface area contributed by atoms with Crippen LogP contribution in [0.1, 0.15) is 26.5 Å². The maximum absolute atomic E-state index is 14.2. The minimum atomic E-state index is -0.319. The summed E-state index contributed by atoms with van der Waals surface area (Å²) in [4.78, 5) is 11.9. The highest BCUT2D eigenvalue weighted by Crippen LogP contribution is 2.24. The molecule has 3 heterocycles. The number of hydrogen-bond acceptors (Lipinski definition) is 7. The van der Waals surface area contributed by atoms with Gasteiger partial charge in [0.1, 0.15) is 11.6 Å². The van der Waals surface area contributed by atoms with Crippen molar-refractivity contribution in [1.82, 2.24) is 20.1 Å². The van der Waals surface area contributed by atoms with Gasteiger partial charge in [-0.05, 0) is 32.5 Å². The summed E-state index contributed by atoms with van der Waals surface area (Å²) in [6, 6.07) is 3.89. The zero-order chi connectivity index (χ0) is 20.6. The third-order valence-electron chi connectivity index (χ3n) is 5.77. The number of nitrogens with one attached hydrogen (secondary N) is 1. The molecule has 2 aliphatic heterocycles. The molecule has 2 aliphatic rings. The van der Waals surface area contributed by atoms with Crippen molar-refractivity contribution in [2.75, 3.05) is 70.5 Å². The number of likely N-dealkylation sites (N-methyl/N-ethyl adjacent to an activating group) is 1. The van der Waals surface area contributed by atoms with E-state index in [1.54, 1.807) is 6.07 Å². The second-order valence-electron chi connectivity index (χ2n) is 7.60. The van der Waals surface area contributed by atoms with E-state index in [0.717, 1.165) is 51.6 Å². The first-order valence-corrected chi connectivity index (χ1v) is 10.9. The number of piperazine rings is 1. The lowest BCUT2D eigenvalue weighted by Crippen LogP contribution is -2.63. The number of aromatic nitrogens is 1. The highest BCUT2D eigenvalue weighted by Gasteiger charge is 2.34. The summed E-state index contributed by atoms with van der Waals surface area (Å²) >= 11 is 0. The molecule has 3 rings (SSSR count). The van der Waals surface area contributed by atoms with E-state index in [0.29, 0.717) is 38.0 Å². The number of pyridine rings is 1. The van der Waals surface area contributed by atoms with Gasteiger partial charge < -0.3 is 24.6 Å². The minimum absolute atomic E-state index is 0.279. The Hall–Kier alpha value is -1.32. The quantitative estimate of drug-likeness (QED) is 0.557. The topological polar surface area (TPSA) is 53.1 Å². The van der Waals surface area contributed by atoms with Crippen LogP contribution in [0.4, 0.5) is 10.2 Å². The Labute approximate surface area is 174 Å². The molecule has 7 nitrogen and oxygen atoms in total. The molecule has 0 spiro atoms. The summed E-state index contributed by atoms with van der Waals surface area (Å²) in [5.74, 6) is 0.580. The Balaban J connectivity index is 1.47. The van der Waals surface area contributed by atoms with E-state index < -0.39 is 0 Å². The summed E-state index contributed by atoms with van der Waals surface area (Å²) in [6.45, 7) is 15.8. The van der Waals surface area contributed by atoms with Crippen LogP contribution in [0.5, 0.6) is 0 Å². The molecule has 0 aliphatic carbocycles. The number of nitrogens with zero attached hydrogens (tertiary/aromatic N) is 4. The van der Waals surface area contributed by atoms with Gasteiger partial charge in [-0.1, -0.05) is 6.92 Å². The molecule has 2 fully saturated rings. The second-order valence-corrected chi connectivity index (χ2v) is 7.60. The van der Waals surface area contributed by atoms with Crippen LogP contribution in [0.15, 0.2) is 12.1 Å². The SMILES string of the molecule is CCOC(CNCc1nc(N2CC(N3CCN(CC)CC3)C2)ccc1F)OCC. The molecule has 1 N–H and O–H groups in total. The Bertz CT molecular complexity index is 615. The maximum Gasteiger partial charge on any atom is 0.169 e. The summed E-state index contributed by atoms with van der Waals surface area (Å²) in [6.07, 6.45) is -0.319. The van der Waals surface area contributed by atoms with Gasteiger partial charge in [-0.15, -0.1) is 0 Å². The molecule has 0 aromatic carbocycles. The van der Waals surface area contributed by atoms with Gasteiger partial charge in [-0.3, -0.25) is 4.90 Å². The number of halogens is 1. The molecule has 0 radical (unpaired) electrons. The number of ether oxygens (including phenoxy) is 2. The smallest absolute Gasteiger partial charge is 0.169 e. The van der Waals surface area contributed by atoms with Crippen molar-refractivity contribution in [2.45, 2.75) is 39.6 Å². The molecule has 8 heteroatoms. The van der Waals surface area contributed by atoms with Gasteiger partial charge in [0.2, 0.25) is 0 Å². The highest BCUT2D eigenvalue weighted by atomic mass is 19.1. The standard InChI is InChI=1S/C21H36FN5O2/c1-4-25-9-11-26(12-10-25)17-15-27(16-17)20-8-7-18(22)19(24-20)13-23-14-21(28-5-2)29-6-3/h7-8,17,21,23H,4-6,9-16H2,1-3H3. The lowest BCUT2D eigenvalue weighted by Gasteiger charge is -2.48. The fourth-order valence-electron chi connectivity index (χ4n) is 3.94. The third kappa shape index (κ3) is 6.08. The average Bonchev–Trinajstić information content (AvgIpc) is 2.70. The van der Waals surface area contributed by atoms with Gasteiger partial charge in [-0.25, -0.2) is 9.37 Å². The van der Waals surface area contributed by atoms with Gasteiger partial charge in [0, 0.05) is 71.6 Å². The van der Waals surface area contributed by atoms with Crippen molar-refractivity contribution in [3.05, 3.63) is 23.6 Å². The molecule has 1 aromatic rings. The van der Waals surface area contributed by atoms with Crippen LogP contribution in [0, 0.1) is 5.82 Å². The summed E-state index contributed by atoms with van der Waals surface area (Å²) in [5, 5.41) is 3.20. The third-order valence-corrected chi connectivity index (χ3v) is 5.77. The van der Waals surface area contributed by atoms with E-state index in [-0.39, 0.29) is 12.1 Å². The van der Waals surface area contributed by atoms with Crippen LogP contribution in [0.25, 0.3) is 0 Å². The molecule has 2 saturated heterocycles. The first-order valence-electron chi connectivity index (χ1n) is 10.9. The van der Waals surface area contributed by atoms with Crippen LogP contribution in [0.3, 0.4) is 0 Å². The van der Waals surface area contributed by atoms with Crippen LogP contribution in [-0.2, 0) is 16.0 Å². The Morgan fingerprint density at radius 2 is 1.79 bits per heavy atom. The summed E-state index contributed by atoms with van der Waals surface area (Å²) < 4.78 is 25.2. The zero-order valence-corrected chi connectivity index (χ0v) is 18.1. The summed E-state index contributed by atoms with van der Waals surface area (Å²) in [7, 11) is 0. The number of rotatable bonds is 11. The van der Waals surface area contributed by atoms with E-state index in [1.807, 2.05) is 13.8 Å². The minimum Gasteiger partial charge on any atom is -0.353 e. The average molecular weight is 410 g/mol. The fraction of sp³-hybridized carbons (Fsp3) is 0.762. The van der Waals surface area contributed by atoms with E-state index >= 15 is 0 Å². The molecule has 164 valence electrons. The van der Waals surface area contributed by atoms with E-state index in [1.165, 1.54) is 6.07 Å². The molecule has 0 unspecified atom stereocenters. The summed E-state index contributed by atoms with van der Waals surface area (Å²) in [5.41, 5.74) is 0.439. The van der Waals surface area contributed by atoms with E-state index in [2.05, 4.69) is 31.9 Å². The molecule has 0 saturated carbocycles. The maximum atomic E-state index is 14.2. The normalized spacial score (nSPS) is 19.1. The first-order chi connectivity index (χ1) is 14.1. The second kappa shape index (κ2) is 11.2. The Morgan fingerprint density at radius 3 is 2.41 bits per heavy atom. The van der Waals surface area contributed by atoms with Crippen molar-refractivity contribution in [3.63, 3.8) is 0 Å². The predicted octanol–water partition coefficient (Wildman–Crippen LogP) is 1.54. The van der Waals surface area contributed by atoms with Crippen molar-refractivity contribution < 1.29 is 13.9 Å². The van der Waals surface area contributed by atoms with E-state index in [4.69, 9.17) is 9.47 Å². The Morgan fingerprint density at radius 1 is 1.10 bits per heavy atom. The van der Waals surface area contributed by atoms with E-state index in [9.17, 15) is 4.39 Å². The fourth-order valence-corrected chi connectivity index (χ4v) is 3.94. The van der Waals surface area contributed by atoms with Gasteiger partial charge in [0.25, 0.3) is 0 Å². The van der Waals surface area contributed by atoms with Gasteiger partial charge >= 0.3 is 0 Å². The molecule has 0 bridgehead atoms. The first kappa shape index (κ1) is 22.4. The number of anilines is 1. The molecule has 0 atom stereocenters. The van der Waals surface area contributed by atoms with Crippen molar-refractivity contribution in [3.8, 4) is 0 Å². The van der Waals surface area contributed by atoms with Gasteiger partial charge in [0.05, 0.1) is 5.69 Å². The molecule has 0 amide bonds. The van der Waals surface area contributed by atoms with Crippen LogP contribution in [-0.4, -0.2) is 92.7 Å². The lowest BCUT2D eigenvalue weighted by atomic mass is 10.1. The molecule has 29 heavy (non-hydrogen) atoms. The van der Waals surface area contributed by atoms with Crippen LogP contribution >= 0.6 is 0 Å². The highest BCUT2D eigenvalue weighted by molar-refractivity contribution is 5.43. The van der Waals surface area contributed by atoms with Gasteiger partial charge in [-0.2, -0.15) is 0 Å². The van der Waals surface area contributed by atoms with Crippen molar-refractivity contribution in [1.29, 1.82) is 0 Å². The van der Waals surface area contributed by atoms with Crippen LogP contribution in [0.2, 0.25) is 0 Å². The van der Waals surface area contributed by atoms with Gasteiger partial charge in [0.15, 0.2) is 6.29 Å². The largest absolute Gasteiger partial charge is 0.353 e. The predicted molar refractivity (Wildman–Crippen MR) is 113 cm³/mol. The molecular weight excluding hydrogens is 373 g/mol. The Kier molecular flexibility index (Phi) is 8.62. The van der Waals surface area contributed by atoms with Crippen LogP contribution < -0.4 is 10.2 Å². The van der Waals surface area contributed by atoms with Crippen molar-refractivity contribution in [2.24, 2.45) is 0 Å². The molecule has 1 aromatic heterocycles.